The maximum absolute atomic E-state index is 13.3. The number of nitrogens with zero attached hydrogens (tertiary/aromatic N) is 4. The summed E-state index contributed by atoms with van der Waals surface area (Å²) in [7, 11) is 3.81. The van der Waals surface area contributed by atoms with Crippen LogP contribution < -0.4 is 10.1 Å². The molecule has 2 aliphatic rings. The first-order valence-electron chi connectivity index (χ1n) is 11.0. The molecule has 1 aliphatic carbocycles. The number of nitrogens with one attached hydrogen (secondary N) is 1. The second kappa shape index (κ2) is 9.18. The molecule has 2 aromatic rings. The Balaban J connectivity index is 1.49. The fraction of sp³-hybridized carbons (Fsp3) is 0.565. The maximum atomic E-state index is 13.3. The summed E-state index contributed by atoms with van der Waals surface area (Å²) in [6, 6.07) is 8.45. The molecule has 1 atom stereocenters. The van der Waals surface area contributed by atoms with E-state index in [0.717, 1.165) is 75.4 Å². The molecule has 1 fully saturated rings. The van der Waals surface area contributed by atoms with Crippen molar-refractivity contribution in [3.8, 4) is 5.75 Å². The van der Waals surface area contributed by atoms with Gasteiger partial charge in [-0.05, 0) is 39.3 Å². The molecule has 1 aromatic heterocycles. The van der Waals surface area contributed by atoms with Crippen LogP contribution in [0.1, 0.15) is 40.7 Å². The van der Waals surface area contributed by atoms with E-state index < -0.39 is 0 Å². The molecule has 0 radical (unpaired) electrons. The van der Waals surface area contributed by atoms with Crippen molar-refractivity contribution in [1.82, 2.24) is 24.9 Å². The number of rotatable bonds is 6. The minimum Gasteiger partial charge on any atom is -0.496 e. The minimum atomic E-state index is 0.0944. The predicted molar refractivity (Wildman–Crippen MR) is 117 cm³/mol. The van der Waals surface area contributed by atoms with E-state index in [-0.39, 0.29) is 5.91 Å². The Kier molecular flexibility index (Phi) is 6.39. The number of methoxy groups -OCH3 is 1. The number of hydrogen-bond donors (Lipinski definition) is 1. The lowest BCUT2D eigenvalue weighted by molar-refractivity contribution is 0.0656. The molecule has 1 aliphatic heterocycles. The van der Waals surface area contributed by atoms with Crippen LogP contribution in [-0.4, -0.2) is 71.9 Å². The van der Waals surface area contributed by atoms with Gasteiger partial charge in [0.1, 0.15) is 5.75 Å². The zero-order valence-corrected chi connectivity index (χ0v) is 18.4. The van der Waals surface area contributed by atoms with Crippen molar-refractivity contribution in [3.05, 3.63) is 46.8 Å². The molecule has 30 heavy (non-hydrogen) atoms. The number of aryl methyl sites for hydroxylation is 1. The van der Waals surface area contributed by atoms with Gasteiger partial charge in [-0.25, -0.2) is 0 Å². The van der Waals surface area contributed by atoms with Gasteiger partial charge in [-0.2, -0.15) is 5.10 Å². The first-order valence-corrected chi connectivity index (χ1v) is 11.0. The fourth-order valence-corrected chi connectivity index (χ4v) is 4.56. The number of benzene rings is 1. The number of amides is 1. The van der Waals surface area contributed by atoms with E-state index >= 15 is 0 Å². The van der Waals surface area contributed by atoms with Crippen molar-refractivity contribution in [2.45, 2.75) is 45.3 Å². The van der Waals surface area contributed by atoms with Crippen LogP contribution in [0.3, 0.4) is 0 Å². The fourth-order valence-electron chi connectivity index (χ4n) is 4.56. The number of aromatic nitrogens is 2. The number of para-hydroxylation sites is 1. The largest absolute Gasteiger partial charge is 0.496 e. The third-order valence-corrected chi connectivity index (χ3v) is 6.41. The second-order valence-corrected chi connectivity index (χ2v) is 8.32. The quantitative estimate of drug-likeness (QED) is 0.787. The molecule has 1 saturated heterocycles. The Morgan fingerprint density at radius 3 is 2.73 bits per heavy atom. The van der Waals surface area contributed by atoms with Gasteiger partial charge in [0.2, 0.25) is 0 Å². The Bertz CT molecular complexity index is 886. The molecule has 1 aromatic carbocycles. The lowest BCUT2D eigenvalue weighted by Crippen LogP contribution is -2.47. The van der Waals surface area contributed by atoms with Gasteiger partial charge in [0, 0.05) is 62.1 Å². The molecule has 0 spiro atoms. The summed E-state index contributed by atoms with van der Waals surface area (Å²) in [6.07, 6.45) is 2.85. The molecule has 7 nitrogen and oxygen atoms in total. The number of likely N-dealkylation sites (N-methyl/N-ethyl adjacent to an activating group) is 1. The van der Waals surface area contributed by atoms with Crippen molar-refractivity contribution in [2.75, 3.05) is 40.3 Å². The van der Waals surface area contributed by atoms with Crippen molar-refractivity contribution >= 4 is 5.91 Å². The predicted octanol–water partition coefficient (Wildman–Crippen LogP) is 1.95. The van der Waals surface area contributed by atoms with E-state index in [0.29, 0.717) is 11.7 Å². The van der Waals surface area contributed by atoms with Gasteiger partial charge in [-0.3, -0.25) is 9.48 Å². The van der Waals surface area contributed by atoms with Crippen LogP contribution in [0.2, 0.25) is 0 Å². The average Bonchev–Trinajstić information content (AvgIpc) is 3.16. The highest BCUT2D eigenvalue weighted by atomic mass is 16.5. The molecule has 4 rings (SSSR count). The number of carbonyl (C=O) groups excluding carboxylic acids is 1. The summed E-state index contributed by atoms with van der Waals surface area (Å²) in [5.74, 6) is 1.00. The third-order valence-electron chi connectivity index (χ3n) is 6.41. The highest BCUT2D eigenvalue weighted by Crippen LogP contribution is 2.27. The zero-order valence-electron chi connectivity index (χ0n) is 18.4. The Morgan fingerprint density at radius 2 is 2.00 bits per heavy atom. The Morgan fingerprint density at radius 1 is 1.23 bits per heavy atom. The SMILES string of the molecule is CCn1nc(C(=O)N2CCN(C)CC2)c2c1CC[C@H](NCc1ccccc1OC)C2. The molecule has 0 bridgehead atoms. The molecule has 162 valence electrons. The highest BCUT2D eigenvalue weighted by molar-refractivity contribution is 5.94. The second-order valence-electron chi connectivity index (χ2n) is 8.32. The molecule has 0 saturated carbocycles. The van der Waals surface area contributed by atoms with Crippen LogP contribution in [0.25, 0.3) is 0 Å². The third kappa shape index (κ3) is 4.23. The summed E-state index contributed by atoms with van der Waals surface area (Å²) < 4.78 is 7.51. The Labute approximate surface area is 179 Å². The van der Waals surface area contributed by atoms with Gasteiger partial charge in [0.15, 0.2) is 5.69 Å². The number of ether oxygens (including phenoxy) is 1. The maximum Gasteiger partial charge on any atom is 0.274 e. The molecular formula is C23H33N5O2. The molecular weight excluding hydrogens is 378 g/mol. The molecule has 1 N–H and O–H groups in total. The number of fused-ring (bicyclic) bond motifs is 1. The van der Waals surface area contributed by atoms with Crippen LogP contribution in [0.4, 0.5) is 0 Å². The van der Waals surface area contributed by atoms with Gasteiger partial charge in [-0.1, -0.05) is 18.2 Å². The van der Waals surface area contributed by atoms with Crippen molar-refractivity contribution in [2.24, 2.45) is 0 Å². The van der Waals surface area contributed by atoms with Gasteiger partial charge >= 0.3 is 0 Å². The van der Waals surface area contributed by atoms with Crippen molar-refractivity contribution in [1.29, 1.82) is 0 Å². The zero-order chi connectivity index (χ0) is 21.1. The first kappa shape index (κ1) is 20.9. The van der Waals surface area contributed by atoms with Crippen LogP contribution in [-0.2, 0) is 25.9 Å². The molecule has 0 unspecified atom stereocenters. The molecule has 7 heteroatoms. The van der Waals surface area contributed by atoms with E-state index in [2.05, 4.69) is 30.3 Å². The summed E-state index contributed by atoms with van der Waals surface area (Å²) in [6.45, 7) is 7.06. The normalized spacial score (nSPS) is 19.6. The highest BCUT2D eigenvalue weighted by Gasteiger charge is 2.31. The monoisotopic (exact) mass is 411 g/mol. The number of piperazine rings is 1. The smallest absolute Gasteiger partial charge is 0.274 e. The van der Waals surface area contributed by atoms with Gasteiger partial charge in [0.25, 0.3) is 5.91 Å². The van der Waals surface area contributed by atoms with Crippen LogP contribution in [0.15, 0.2) is 24.3 Å². The van der Waals surface area contributed by atoms with Crippen molar-refractivity contribution in [3.63, 3.8) is 0 Å². The first-order chi connectivity index (χ1) is 14.6. The van der Waals surface area contributed by atoms with E-state index in [1.165, 1.54) is 5.69 Å². The van der Waals surface area contributed by atoms with Gasteiger partial charge in [-0.15, -0.1) is 0 Å². The van der Waals surface area contributed by atoms with Crippen molar-refractivity contribution < 1.29 is 9.53 Å². The number of hydrogen-bond acceptors (Lipinski definition) is 5. The molecule has 1 amide bonds. The van der Waals surface area contributed by atoms with Crippen LogP contribution in [0.5, 0.6) is 5.75 Å². The lowest BCUT2D eigenvalue weighted by Gasteiger charge is -2.32. The van der Waals surface area contributed by atoms with E-state index in [4.69, 9.17) is 9.84 Å². The van der Waals surface area contributed by atoms with Crippen LogP contribution >= 0.6 is 0 Å². The lowest BCUT2D eigenvalue weighted by atomic mass is 9.90. The van der Waals surface area contributed by atoms with E-state index in [1.807, 2.05) is 27.8 Å². The topological polar surface area (TPSA) is 62.6 Å². The summed E-state index contributed by atoms with van der Waals surface area (Å²) in [5, 5.41) is 8.43. The summed E-state index contributed by atoms with van der Waals surface area (Å²) >= 11 is 0. The van der Waals surface area contributed by atoms with Crippen LogP contribution in [0, 0.1) is 0 Å². The number of carbonyl (C=O) groups is 1. The van der Waals surface area contributed by atoms with E-state index in [1.54, 1.807) is 7.11 Å². The standard InChI is InChI=1S/C23H33N5O2/c1-4-28-20-10-9-18(24-16-17-7-5-6-8-21(17)30-3)15-19(20)22(25-28)23(29)27-13-11-26(2)12-14-27/h5-8,18,24H,4,9-16H2,1-3H3/t18-/m0/s1. The summed E-state index contributed by atoms with van der Waals surface area (Å²) in [4.78, 5) is 17.5. The Hall–Kier alpha value is -2.38. The van der Waals surface area contributed by atoms with E-state index in [9.17, 15) is 4.79 Å². The van der Waals surface area contributed by atoms with Gasteiger partial charge in [0.05, 0.1) is 7.11 Å². The minimum absolute atomic E-state index is 0.0944. The van der Waals surface area contributed by atoms with Gasteiger partial charge < -0.3 is 19.9 Å². The molecule has 2 heterocycles. The summed E-state index contributed by atoms with van der Waals surface area (Å²) in [5.41, 5.74) is 4.21. The average molecular weight is 412 g/mol.